The topological polar surface area (TPSA) is 56.9 Å². The maximum Gasteiger partial charge on any atom is 0.224 e. The van der Waals surface area contributed by atoms with E-state index in [-0.39, 0.29) is 5.91 Å². The van der Waals surface area contributed by atoms with Gasteiger partial charge in [-0.15, -0.1) is 0 Å². The second-order valence-electron chi connectivity index (χ2n) is 6.27. The van der Waals surface area contributed by atoms with Gasteiger partial charge in [-0.2, -0.15) is 0 Å². The lowest BCUT2D eigenvalue weighted by Crippen LogP contribution is -2.11. The number of fused-ring (bicyclic) bond motifs is 1. The van der Waals surface area contributed by atoms with Crippen molar-refractivity contribution in [1.29, 1.82) is 0 Å². The van der Waals surface area contributed by atoms with Gasteiger partial charge in [-0.3, -0.25) is 4.79 Å². The number of H-pyrrole nitrogens is 1. The second-order valence-corrected chi connectivity index (χ2v) is 6.27. The van der Waals surface area contributed by atoms with E-state index in [2.05, 4.69) is 46.9 Å². The number of anilines is 2. The summed E-state index contributed by atoms with van der Waals surface area (Å²) in [6.45, 7) is 2.95. The molecule has 0 aliphatic carbocycles. The molecule has 1 amide bonds. The van der Waals surface area contributed by atoms with Gasteiger partial charge in [0.2, 0.25) is 5.91 Å². The number of unbranched alkanes of at least 4 members (excludes halogenated alkanes) is 1. The fourth-order valence-electron chi connectivity index (χ4n) is 2.91. The first-order valence-electron chi connectivity index (χ1n) is 8.95. The molecule has 0 aliphatic rings. The fourth-order valence-corrected chi connectivity index (χ4v) is 2.91. The van der Waals surface area contributed by atoms with Crippen molar-refractivity contribution >= 4 is 28.2 Å². The molecule has 3 aromatic rings. The molecule has 0 saturated carbocycles. The zero-order valence-electron chi connectivity index (χ0n) is 14.6. The monoisotopic (exact) mass is 335 g/mol. The van der Waals surface area contributed by atoms with Crippen LogP contribution in [0.25, 0.3) is 10.9 Å². The van der Waals surface area contributed by atoms with Gasteiger partial charge < -0.3 is 15.6 Å². The van der Waals surface area contributed by atoms with Crippen LogP contribution in [0.2, 0.25) is 0 Å². The van der Waals surface area contributed by atoms with E-state index in [1.807, 2.05) is 30.3 Å². The molecule has 0 unspecified atom stereocenters. The Balaban J connectivity index is 1.49. The van der Waals surface area contributed by atoms with E-state index in [4.69, 9.17) is 0 Å². The first-order chi connectivity index (χ1) is 12.3. The third-order valence-electron chi connectivity index (χ3n) is 4.32. The molecule has 1 aromatic heterocycles. The lowest BCUT2D eigenvalue weighted by Gasteiger charge is -2.08. The molecule has 25 heavy (non-hydrogen) atoms. The number of carbonyl (C=O) groups excluding carboxylic acids is 1. The minimum absolute atomic E-state index is 0.0851. The average molecular weight is 335 g/mol. The van der Waals surface area contributed by atoms with Gasteiger partial charge in [-0.1, -0.05) is 31.5 Å². The summed E-state index contributed by atoms with van der Waals surface area (Å²) in [5.41, 5.74) is 4.42. The summed E-state index contributed by atoms with van der Waals surface area (Å²) in [5, 5.41) is 7.65. The van der Waals surface area contributed by atoms with Crippen LogP contribution in [0.15, 0.2) is 54.7 Å². The quantitative estimate of drug-likeness (QED) is 0.545. The first kappa shape index (κ1) is 17.1. The molecule has 0 aliphatic heterocycles. The molecule has 0 atom stereocenters. The number of amides is 1. The number of rotatable bonds is 8. The normalized spacial score (nSPS) is 10.8. The highest BCUT2D eigenvalue weighted by Gasteiger charge is 2.03. The molecule has 0 spiro atoms. The highest BCUT2D eigenvalue weighted by Crippen LogP contribution is 2.19. The molecule has 0 bridgehead atoms. The number of para-hydroxylation sites is 1. The molecular weight excluding hydrogens is 310 g/mol. The summed E-state index contributed by atoms with van der Waals surface area (Å²) in [6, 6.07) is 16.3. The van der Waals surface area contributed by atoms with Gasteiger partial charge in [0.1, 0.15) is 0 Å². The molecule has 0 saturated heterocycles. The number of hydrogen-bond donors (Lipinski definition) is 3. The highest BCUT2D eigenvalue weighted by atomic mass is 16.1. The molecular formula is C21H25N3O. The van der Waals surface area contributed by atoms with E-state index in [1.165, 1.54) is 16.5 Å². The van der Waals surface area contributed by atoms with Gasteiger partial charge in [0.15, 0.2) is 0 Å². The Kier molecular flexibility index (Phi) is 5.73. The van der Waals surface area contributed by atoms with Crippen molar-refractivity contribution in [3.8, 4) is 0 Å². The van der Waals surface area contributed by atoms with Crippen molar-refractivity contribution in [3.63, 3.8) is 0 Å². The molecule has 3 rings (SSSR count). The number of aromatic amines is 1. The number of benzene rings is 2. The Hall–Kier alpha value is -2.75. The molecule has 4 heteroatoms. The SMILES string of the molecule is CCCCC(=O)Nc1ccc(NCCc2c[nH]c3ccccc23)cc1. The van der Waals surface area contributed by atoms with Crippen LogP contribution in [0.3, 0.4) is 0 Å². The van der Waals surface area contributed by atoms with Crippen molar-refractivity contribution in [1.82, 2.24) is 4.98 Å². The zero-order chi connectivity index (χ0) is 17.5. The Morgan fingerprint density at radius 1 is 1.04 bits per heavy atom. The Morgan fingerprint density at radius 3 is 2.60 bits per heavy atom. The van der Waals surface area contributed by atoms with Crippen LogP contribution < -0.4 is 10.6 Å². The van der Waals surface area contributed by atoms with E-state index in [9.17, 15) is 4.79 Å². The Morgan fingerprint density at radius 2 is 1.80 bits per heavy atom. The summed E-state index contributed by atoms with van der Waals surface area (Å²) in [7, 11) is 0. The first-order valence-corrected chi connectivity index (χ1v) is 8.95. The van der Waals surface area contributed by atoms with Crippen molar-refractivity contribution in [2.45, 2.75) is 32.6 Å². The molecule has 3 N–H and O–H groups in total. The van der Waals surface area contributed by atoms with E-state index in [1.54, 1.807) is 0 Å². The van der Waals surface area contributed by atoms with Crippen molar-refractivity contribution in [3.05, 3.63) is 60.3 Å². The van der Waals surface area contributed by atoms with Crippen LogP contribution in [0, 0.1) is 0 Å². The van der Waals surface area contributed by atoms with E-state index >= 15 is 0 Å². The number of nitrogens with one attached hydrogen (secondary N) is 3. The standard InChI is InChI=1S/C21H25N3O/c1-2-3-8-21(25)24-18-11-9-17(10-12-18)22-14-13-16-15-23-20-7-5-4-6-19(16)20/h4-7,9-12,15,22-23H,2-3,8,13-14H2,1H3,(H,24,25). The third-order valence-corrected chi connectivity index (χ3v) is 4.32. The van der Waals surface area contributed by atoms with E-state index in [0.29, 0.717) is 6.42 Å². The maximum absolute atomic E-state index is 11.7. The van der Waals surface area contributed by atoms with E-state index < -0.39 is 0 Å². The van der Waals surface area contributed by atoms with Crippen LogP contribution in [0.5, 0.6) is 0 Å². The third kappa shape index (κ3) is 4.63. The van der Waals surface area contributed by atoms with Crippen LogP contribution in [-0.4, -0.2) is 17.4 Å². The van der Waals surface area contributed by atoms with Crippen molar-refractivity contribution in [2.75, 3.05) is 17.2 Å². The predicted molar refractivity (Wildman–Crippen MR) is 105 cm³/mol. The molecule has 4 nitrogen and oxygen atoms in total. The molecule has 130 valence electrons. The Bertz CT molecular complexity index is 821. The average Bonchev–Trinajstić information content (AvgIpc) is 3.05. The minimum atomic E-state index is 0.0851. The number of hydrogen-bond acceptors (Lipinski definition) is 2. The van der Waals surface area contributed by atoms with Gasteiger partial charge in [0, 0.05) is 41.4 Å². The number of aromatic nitrogens is 1. The highest BCUT2D eigenvalue weighted by molar-refractivity contribution is 5.90. The van der Waals surface area contributed by atoms with Gasteiger partial charge >= 0.3 is 0 Å². The van der Waals surface area contributed by atoms with E-state index in [0.717, 1.165) is 37.2 Å². The van der Waals surface area contributed by atoms with Crippen LogP contribution >= 0.6 is 0 Å². The molecule has 0 fully saturated rings. The minimum Gasteiger partial charge on any atom is -0.385 e. The van der Waals surface area contributed by atoms with Crippen LogP contribution in [0.4, 0.5) is 11.4 Å². The molecule has 0 radical (unpaired) electrons. The van der Waals surface area contributed by atoms with Crippen molar-refractivity contribution in [2.24, 2.45) is 0 Å². The van der Waals surface area contributed by atoms with Gasteiger partial charge in [0.25, 0.3) is 0 Å². The lowest BCUT2D eigenvalue weighted by molar-refractivity contribution is -0.116. The fraction of sp³-hybridized carbons (Fsp3) is 0.286. The summed E-state index contributed by atoms with van der Waals surface area (Å²) in [6.07, 6.45) is 5.59. The molecule has 2 aromatic carbocycles. The summed E-state index contributed by atoms with van der Waals surface area (Å²) < 4.78 is 0. The lowest BCUT2D eigenvalue weighted by atomic mass is 10.1. The summed E-state index contributed by atoms with van der Waals surface area (Å²) in [4.78, 5) is 15.0. The summed E-state index contributed by atoms with van der Waals surface area (Å²) >= 11 is 0. The molecule has 1 heterocycles. The Labute approximate surface area is 148 Å². The van der Waals surface area contributed by atoms with Gasteiger partial charge in [-0.25, -0.2) is 0 Å². The van der Waals surface area contributed by atoms with Gasteiger partial charge in [-0.05, 0) is 48.7 Å². The van der Waals surface area contributed by atoms with Gasteiger partial charge in [0.05, 0.1) is 0 Å². The smallest absolute Gasteiger partial charge is 0.224 e. The zero-order valence-corrected chi connectivity index (χ0v) is 14.6. The predicted octanol–water partition coefficient (Wildman–Crippen LogP) is 4.95. The summed E-state index contributed by atoms with van der Waals surface area (Å²) in [5.74, 6) is 0.0851. The largest absolute Gasteiger partial charge is 0.385 e. The number of carbonyl (C=O) groups is 1. The maximum atomic E-state index is 11.7. The van der Waals surface area contributed by atoms with Crippen LogP contribution in [-0.2, 0) is 11.2 Å². The van der Waals surface area contributed by atoms with Crippen molar-refractivity contribution < 1.29 is 4.79 Å². The van der Waals surface area contributed by atoms with Crippen LogP contribution in [0.1, 0.15) is 31.7 Å². The second kappa shape index (κ2) is 8.38.